The van der Waals surface area contributed by atoms with Crippen LogP contribution < -0.4 is 21.3 Å². The van der Waals surface area contributed by atoms with Crippen LogP contribution in [0.2, 0.25) is 0 Å². The summed E-state index contributed by atoms with van der Waals surface area (Å²) in [5, 5.41) is 11.3. The molecule has 5 aromatic rings. The summed E-state index contributed by atoms with van der Waals surface area (Å²) in [5.41, 5.74) is 4.79. The Kier molecular flexibility index (Phi) is 9.54. The van der Waals surface area contributed by atoms with Crippen molar-refractivity contribution in [1.82, 2.24) is 10.6 Å². The summed E-state index contributed by atoms with van der Waals surface area (Å²) in [6, 6.07) is 38.7. The van der Waals surface area contributed by atoms with Gasteiger partial charge in [0.15, 0.2) is 0 Å². The summed E-state index contributed by atoms with van der Waals surface area (Å²) in [7, 11) is 0. The maximum Gasteiger partial charge on any atom is 0.255 e. The zero-order valence-electron chi connectivity index (χ0n) is 23.7. The second kappa shape index (κ2) is 14.2. The van der Waals surface area contributed by atoms with Crippen molar-refractivity contribution in [2.45, 2.75) is 13.1 Å². The summed E-state index contributed by atoms with van der Waals surface area (Å²) in [5.74, 6) is -1.11. The molecule has 0 aromatic heterocycles. The molecule has 0 saturated heterocycles. The van der Waals surface area contributed by atoms with E-state index < -0.39 is 0 Å². The number of hydrogen-bond acceptors (Lipinski definition) is 4. The van der Waals surface area contributed by atoms with E-state index in [0.29, 0.717) is 46.7 Å². The number of hydrogen-bond donors (Lipinski definition) is 4. The second-order valence-corrected chi connectivity index (χ2v) is 9.98. The van der Waals surface area contributed by atoms with Gasteiger partial charge in [0.25, 0.3) is 23.6 Å². The Bertz CT molecular complexity index is 1610. The molecule has 4 amide bonds. The Balaban J connectivity index is 1.10. The highest BCUT2D eigenvalue weighted by Gasteiger charge is 2.12. The van der Waals surface area contributed by atoms with Gasteiger partial charge in [0.2, 0.25) is 0 Å². The Labute approximate surface area is 255 Å². The molecule has 0 atom stereocenters. The zero-order chi connectivity index (χ0) is 30.7. The van der Waals surface area contributed by atoms with Crippen LogP contribution in [-0.2, 0) is 13.1 Å². The molecule has 0 aliphatic carbocycles. The lowest BCUT2D eigenvalue weighted by Crippen LogP contribution is -2.22. The van der Waals surface area contributed by atoms with Crippen molar-refractivity contribution >= 4 is 35.0 Å². The van der Waals surface area contributed by atoms with Crippen molar-refractivity contribution in [3.05, 3.63) is 167 Å². The van der Waals surface area contributed by atoms with E-state index in [1.165, 1.54) is 0 Å². The van der Waals surface area contributed by atoms with E-state index in [2.05, 4.69) is 21.3 Å². The van der Waals surface area contributed by atoms with Gasteiger partial charge in [-0.2, -0.15) is 0 Å². The molecule has 0 spiro atoms. The number of amides is 4. The Morgan fingerprint density at radius 2 is 0.659 bits per heavy atom. The van der Waals surface area contributed by atoms with Gasteiger partial charge in [-0.25, -0.2) is 0 Å². The predicted molar refractivity (Wildman–Crippen MR) is 170 cm³/mol. The number of rotatable bonds is 10. The van der Waals surface area contributed by atoms with Gasteiger partial charge in [0, 0.05) is 46.7 Å². The summed E-state index contributed by atoms with van der Waals surface area (Å²) in [6.07, 6.45) is 0. The first kappa shape index (κ1) is 29.5. The van der Waals surface area contributed by atoms with Gasteiger partial charge in [0.05, 0.1) is 0 Å². The van der Waals surface area contributed by atoms with Crippen LogP contribution in [0.4, 0.5) is 11.4 Å². The molecule has 0 fully saturated rings. The Hall–Kier alpha value is -6.02. The molecule has 8 heteroatoms. The van der Waals surface area contributed by atoms with Gasteiger partial charge in [-0.15, -0.1) is 0 Å². The Morgan fingerprint density at radius 1 is 0.364 bits per heavy atom. The van der Waals surface area contributed by atoms with Gasteiger partial charge in [-0.1, -0.05) is 60.7 Å². The van der Waals surface area contributed by atoms with Crippen LogP contribution in [0, 0.1) is 0 Å². The van der Waals surface area contributed by atoms with Crippen molar-refractivity contribution in [2.75, 3.05) is 10.6 Å². The minimum atomic E-state index is -0.348. The van der Waals surface area contributed by atoms with Crippen LogP contribution in [0.3, 0.4) is 0 Å². The van der Waals surface area contributed by atoms with Crippen LogP contribution in [0.25, 0.3) is 0 Å². The maximum atomic E-state index is 12.8. The molecule has 0 aliphatic heterocycles. The number of anilines is 2. The van der Waals surface area contributed by atoms with Crippen LogP contribution in [-0.4, -0.2) is 23.6 Å². The fourth-order valence-corrected chi connectivity index (χ4v) is 4.35. The lowest BCUT2D eigenvalue weighted by Gasteiger charge is -2.09. The summed E-state index contributed by atoms with van der Waals surface area (Å²) in [6.45, 7) is 0.847. The van der Waals surface area contributed by atoms with Gasteiger partial charge in [0.1, 0.15) is 0 Å². The van der Waals surface area contributed by atoms with E-state index in [9.17, 15) is 19.2 Å². The number of benzene rings is 5. The van der Waals surface area contributed by atoms with E-state index >= 15 is 0 Å². The van der Waals surface area contributed by atoms with Gasteiger partial charge in [-0.3, -0.25) is 19.2 Å². The predicted octanol–water partition coefficient (Wildman–Crippen LogP) is 6.05. The molecule has 218 valence electrons. The van der Waals surface area contributed by atoms with E-state index in [-0.39, 0.29) is 23.6 Å². The Morgan fingerprint density at radius 3 is 1.00 bits per heavy atom. The van der Waals surface area contributed by atoms with Crippen molar-refractivity contribution in [1.29, 1.82) is 0 Å². The van der Waals surface area contributed by atoms with Gasteiger partial charge >= 0.3 is 0 Å². The fraction of sp³-hybridized carbons (Fsp3) is 0.0556. The standard InChI is InChI=1S/C36H30N4O4/c41-33(37-23-25-7-3-1-4-8-25)27-15-19-31(20-16-27)39-35(43)29-11-13-30(14-12-29)36(44)40-32-21-17-28(18-22-32)34(42)38-24-26-9-5-2-6-10-26/h1-22H,23-24H2,(H,37,41)(H,38,42)(H,39,43)(H,40,44). The topological polar surface area (TPSA) is 116 Å². The largest absolute Gasteiger partial charge is 0.348 e. The van der Waals surface area contributed by atoms with Crippen LogP contribution >= 0.6 is 0 Å². The zero-order valence-corrected chi connectivity index (χ0v) is 23.7. The van der Waals surface area contributed by atoms with E-state index in [4.69, 9.17) is 0 Å². The number of carbonyl (C=O) groups excluding carboxylic acids is 4. The average molecular weight is 583 g/mol. The molecule has 0 heterocycles. The van der Waals surface area contributed by atoms with Crippen LogP contribution in [0.1, 0.15) is 52.6 Å². The average Bonchev–Trinajstić information content (AvgIpc) is 3.07. The molecule has 0 bridgehead atoms. The van der Waals surface area contributed by atoms with Crippen LogP contribution in [0.15, 0.2) is 133 Å². The van der Waals surface area contributed by atoms with Crippen molar-refractivity contribution in [2.24, 2.45) is 0 Å². The molecule has 0 saturated carbocycles. The molecule has 5 aromatic carbocycles. The van der Waals surface area contributed by atoms with Crippen molar-refractivity contribution in [3.63, 3.8) is 0 Å². The van der Waals surface area contributed by atoms with Gasteiger partial charge < -0.3 is 21.3 Å². The third-order valence-corrected chi connectivity index (χ3v) is 6.81. The second-order valence-electron chi connectivity index (χ2n) is 9.98. The lowest BCUT2D eigenvalue weighted by atomic mass is 10.1. The van der Waals surface area contributed by atoms with Gasteiger partial charge in [-0.05, 0) is 83.9 Å². The minimum Gasteiger partial charge on any atom is -0.348 e. The first-order valence-electron chi connectivity index (χ1n) is 14.0. The third-order valence-electron chi connectivity index (χ3n) is 6.81. The summed E-state index contributed by atoms with van der Waals surface area (Å²) in [4.78, 5) is 50.4. The van der Waals surface area contributed by atoms with E-state index in [1.54, 1.807) is 72.8 Å². The van der Waals surface area contributed by atoms with Crippen molar-refractivity contribution in [3.8, 4) is 0 Å². The molecule has 4 N–H and O–H groups in total. The summed E-state index contributed by atoms with van der Waals surface area (Å²) < 4.78 is 0. The first-order valence-corrected chi connectivity index (χ1v) is 14.0. The molecular weight excluding hydrogens is 552 g/mol. The number of nitrogens with one attached hydrogen (secondary N) is 4. The maximum absolute atomic E-state index is 12.8. The number of carbonyl (C=O) groups is 4. The van der Waals surface area contributed by atoms with Crippen LogP contribution in [0.5, 0.6) is 0 Å². The van der Waals surface area contributed by atoms with E-state index in [0.717, 1.165) is 11.1 Å². The minimum absolute atomic E-state index is 0.208. The molecule has 0 radical (unpaired) electrons. The SMILES string of the molecule is O=C(NCc1ccccc1)c1ccc(NC(=O)c2ccc(C(=O)Nc3ccc(C(=O)NCc4ccccc4)cc3)cc2)cc1. The molecule has 8 nitrogen and oxygen atoms in total. The first-order chi connectivity index (χ1) is 21.4. The molecule has 0 unspecified atom stereocenters. The lowest BCUT2D eigenvalue weighted by molar-refractivity contribution is 0.0943. The summed E-state index contributed by atoms with van der Waals surface area (Å²) >= 11 is 0. The van der Waals surface area contributed by atoms with E-state index in [1.807, 2.05) is 60.7 Å². The molecule has 44 heavy (non-hydrogen) atoms. The highest BCUT2D eigenvalue weighted by atomic mass is 16.2. The normalized spacial score (nSPS) is 10.4. The monoisotopic (exact) mass is 582 g/mol. The highest BCUT2D eigenvalue weighted by Crippen LogP contribution is 2.15. The molecule has 0 aliphatic rings. The highest BCUT2D eigenvalue weighted by molar-refractivity contribution is 6.07. The van der Waals surface area contributed by atoms with Crippen molar-refractivity contribution < 1.29 is 19.2 Å². The quantitative estimate of drug-likeness (QED) is 0.160. The fourth-order valence-electron chi connectivity index (χ4n) is 4.35. The smallest absolute Gasteiger partial charge is 0.255 e. The third kappa shape index (κ3) is 8.04. The molecule has 5 rings (SSSR count). The molecular formula is C36H30N4O4.